The Bertz CT molecular complexity index is 1170. The number of aromatic nitrogens is 1. The number of ether oxygens (including phenoxy) is 2. The number of carbonyl (C=O) groups excluding carboxylic acids is 1. The van der Waals surface area contributed by atoms with Crippen LogP contribution in [0.15, 0.2) is 30.3 Å². The second kappa shape index (κ2) is 12.5. The number of fused-ring (bicyclic) bond motifs is 1. The molecule has 218 valence electrons. The minimum absolute atomic E-state index is 0.00510. The van der Waals surface area contributed by atoms with Crippen molar-refractivity contribution < 1.29 is 23.8 Å². The molecule has 1 aromatic heterocycles. The number of pyridine rings is 1. The molecule has 1 aromatic carbocycles. The molecule has 0 spiro atoms. The van der Waals surface area contributed by atoms with E-state index in [0.29, 0.717) is 48.9 Å². The van der Waals surface area contributed by atoms with E-state index < -0.39 is 0 Å². The molecule has 9 nitrogen and oxygen atoms in total. The maximum Gasteiger partial charge on any atom is 0.241 e. The number of halogens is 1. The first kappa shape index (κ1) is 28.9. The van der Waals surface area contributed by atoms with Crippen molar-refractivity contribution in [3.63, 3.8) is 0 Å². The van der Waals surface area contributed by atoms with Gasteiger partial charge in [0.2, 0.25) is 11.8 Å². The Balaban J connectivity index is 1.38. The average molecular weight is 556 g/mol. The van der Waals surface area contributed by atoms with Crippen LogP contribution in [0.25, 0.3) is 0 Å². The standard InChI is InChI=1S/C30H42FN5O4/c1-19-12-34(26(11-32-19)13-35-20(2)16-39-17-21(35)3)14-29(38)36-22(4)18-40-30-28(36)10-24(27(15-37)33-30)9-23-5-7-25(31)8-6-23/h5-8,10,19-22,26,32,37H,9,11-18H2,1-4H3/t19-,20-,21-,22?,26-/m1/s1. The molecule has 0 bridgehead atoms. The molecule has 0 radical (unpaired) electrons. The maximum absolute atomic E-state index is 14.0. The summed E-state index contributed by atoms with van der Waals surface area (Å²) in [4.78, 5) is 25.3. The molecule has 3 aliphatic heterocycles. The van der Waals surface area contributed by atoms with Gasteiger partial charge in [0.1, 0.15) is 18.1 Å². The smallest absolute Gasteiger partial charge is 0.241 e. The number of aliphatic hydroxyl groups excluding tert-OH is 1. The van der Waals surface area contributed by atoms with Gasteiger partial charge in [-0.1, -0.05) is 12.1 Å². The highest BCUT2D eigenvalue weighted by atomic mass is 19.1. The fourth-order valence-corrected chi connectivity index (χ4v) is 6.14. The van der Waals surface area contributed by atoms with Crippen molar-refractivity contribution in [1.29, 1.82) is 0 Å². The number of amides is 1. The molecular formula is C30H42FN5O4. The van der Waals surface area contributed by atoms with Gasteiger partial charge in [-0.2, -0.15) is 0 Å². The Kier molecular flexibility index (Phi) is 9.01. The van der Waals surface area contributed by atoms with Crippen LogP contribution in [0.4, 0.5) is 10.1 Å². The van der Waals surface area contributed by atoms with Gasteiger partial charge < -0.3 is 24.8 Å². The molecule has 5 rings (SSSR count). The third-order valence-electron chi connectivity index (χ3n) is 8.36. The lowest BCUT2D eigenvalue weighted by molar-refractivity contribution is -0.122. The molecule has 1 unspecified atom stereocenters. The summed E-state index contributed by atoms with van der Waals surface area (Å²) in [6.07, 6.45) is 0.458. The zero-order valence-electron chi connectivity index (χ0n) is 24.0. The summed E-state index contributed by atoms with van der Waals surface area (Å²) < 4.78 is 25.1. The first-order valence-electron chi connectivity index (χ1n) is 14.4. The highest BCUT2D eigenvalue weighted by Gasteiger charge is 2.37. The number of nitrogens with zero attached hydrogens (tertiary/aromatic N) is 4. The number of hydrogen-bond acceptors (Lipinski definition) is 8. The number of morpholine rings is 1. The number of aliphatic hydroxyl groups is 1. The molecule has 5 atom stereocenters. The third-order valence-corrected chi connectivity index (χ3v) is 8.36. The van der Waals surface area contributed by atoms with Gasteiger partial charge in [0.15, 0.2) is 0 Å². The van der Waals surface area contributed by atoms with Crippen LogP contribution in [0.2, 0.25) is 0 Å². The number of carbonyl (C=O) groups is 1. The van der Waals surface area contributed by atoms with Crippen molar-refractivity contribution in [2.75, 3.05) is 50.9 Å². The average Bonchev–Trinajstić information content (AvgIpc) is 2.92. The fraction of sp³-hybridized carbons (Fsp3) is 0.600. The Labute approximate surface area is 236 Å². The van der Waals surface area contributed by atoms with Gasteiger partial charge in [-0.25, -0.2) is 9.37 Å². The van der Waals surface area contributed by atoms with Crippen LogP contribution in [0, 0.1) is 5.82 Å². The summed E-state index contributed by atoms with van der Waals surface area (Å²) in [5, 5.41) is 13.6. The van der Waals surface area contributed by atoms with Crippen LogP contribution in [0.1, 0.15) is 44.5 Å². The SMILES string of the molecule is CC1COc2nc(CO)c(Cc3ccc(F)cc3)cc2N1C(=O)CN1C[C@@H](C)NC[C@@H]1CN1[C@H](C)COC[C@H]1C. The van der Waals surface area contributed by atoms with E-state index in [-0.39, 0.29) is 36.5 Å². The maximum atomic E-state index is 14.0. The van der Waals surface area contributed by atoms with E-state index in [4.69, 9.17) is 9.47 Å². The number of hydrogen-bond donors (Lipinski definition) is 2. The molecule has 2 aromatic rings. The lowest BCUT2D eigenvalue weighted by atomic mass is 10.0. The molecule has 2 fully saturated rings. The number of benzene rings is 1. The van der Waals surface area contributed by atoms with Gasteiger partial charge in [0, 0.05) is 43.8 Å². The van der Waals surface area contributed by atoms with Crippen molar-refractivity contribution in [2.24, 2.45) is 0 Å². The first-order chi connectivity index (χ1) is 19.2. The predicted octanol–water partition coefficient (Wildman–Crippen LogP) is 2.19. The van der Waals surface area contributed by atoms with Crippen molar-refractivity contribution >= 4 is 11.6 Å². The molecule has 40 heavy (non-hydrogen) atoms. The summed E-state index contributed by atoms with van der Waals surface area (Å²) in [6, 6.07) is 9.17. The zero-order valence-corrected chi connectivity index (χ0v) is 24.0. The van der Waals surface area contributed by atoms with Crippen LogP contribution in [0.3, 0.4) is 0 Å². The lowest BCUT2D eigenvalue weighted by Crippen LogP contribution is -2.63. The van der Waals surface area contributed by atoms with E-state index in [1.54, 1.807) is 12.1 Å². The third kappa shape index (κ3) is 6.31. The molecule has 2 saturated heterocycles. The number of piperazine rings is 1. The summed E-state index contributed by atoms with van der Waals surface area (Å²) in [5.41, 5.74) is 2.79. The minimum atomic E-state index is -0.299. The van der Waals surface area contributed by atoms with Gasteiger partial charge in [-0.15, -0.1) is 0 Å². The van der Waals surface area contributed by atoms with Gasteiger partial charge >= 0.3 is 0 Å². The van der Waals surface area contributed by atoms with E-state index in [2.05, 4.69) is 40.9 Å². The number of rotatable bonds is 7. The largest absolute Gasteiger partial charge is 0.474 e. The highest BCUT2D eigenvalue weighted by Crippen LogP contribution is 2.35. The summed E-state index contributed by atoms with van der Waals surface area (Å²) in [5.74, 6) is 0.0665. The minimum Gasteiger partial charge on any atom is -0.474 e. The van der Waals surface area contributed by atoms with Gasteiger partial charge in [0.25, 0.3) is 0 Å². The Morgan fingerprint density at radius 1 is 1.10 bits per heavy atom. The first-order valence-corrected chi connectivity index (χ1v) is 14.4. The van der Waals surface area contributed by atoms with Crippen LogP contribution in [-0.2, 0) is 22.6 Å². The van der Waals surface area contributed by atoms with E-state index in [1.165, 1.54) is 12.1 Å². The summed E-state index contributed by atoms with van der Waals surface area (Å²) >= 11 is 0. The van der Waals surface area contributed by atoms with Crippen molar-refractivity contribution in [1.82, 2.24) is 20.1 Å². The molecule has 0 saturated carbocycles. The normalized spacial score (nSPS) is 27.8. The molecule has 10 heteroatoms. The van der Waals surface area contributed by atoms with Gasteiger partial charge in [0.05, 0.1) is 38.1 Å². The molecule has 0 aliphatic carbocycles. The molecule has 1 amide bonds. The number of anilines is 1. The zero-order chi connectivity index (χ0) is 28.4. The van der Waals surface area contributed by atoms with E-state index in [1.807, 2.05) is 17.9 Å². The van der Waals surface area contributed by atoms with Crippen LogP contribution in [0.5, 0.6) is 5.88 Å². The predicted molar refractivity (Wildman–Crippen MR) is 151 cm³/mol. The molecule has 2 N–H and O–H groups in total. The van der Waals surface area contributed by atoms with Gasteiger partial charge in [-0.05, 0) is 63.4 Å². The van der Waals surface area contributed by atoms with E-state index in [9.17, 15) is 14.3 Å². The second-order valence-corrected chi connectivity index (χ2v) is 11.6. The molecule has 3 aliphatic rings. The Morgan fingerprint density at radius 2 is 1.82 bits per heavy atom. The summed E-state index contributed by atoms with van der Waals surface area (Å²) in [7, 11) is 0. The quantitative estimate of drug-likeness (QED) is 0.538. The summed E-state index contributed by atoms with van der Waals surface area (Å²) in [6.45, 7) is 12.8. The van der Waals surface area contributed by atoms with Crippen molar-refractivity contribution in [3.05, 3.63) is 53.0 Å². The van der Waals surface area contributed by atoms with Gasteiger partial charge in [-0.3, -0.25) is 14.6 Å². The lowest BCUT2D eigenvalue weighted by Gasteiger charge is -2.46. The Hall–Kier alpha value is -2.63. The van der Waals surface area contributed by atoms with Crippen LogP contribution >= 0.6 is 0 Å². The molecule has 4 heterocycles. The van der Waals surface area contributed by atoms with Crippen molar-refractivity contribution in [2.45, 2.75) is 70.9 Å². The van der Waals surface area contributed by atoms with Crippen molar-refractivity contribution in [3.8, 4) is 5.88 Å². The topological polar surface area (TPSA) is 90.4 Å². The van der Waals surface area contributed by atoms with Crippen LogP contribution < -0.4 is 15.0 Å². The Morgan fingerprint density at radius 3 is 2.52 bits per heavy atom. The highest BCUT2D eigenvalue weighted by molar-refractivity contribution is 5.97. The van der Waals surface area contributed by atoms with Crippen LogP contribution in [-0.4, -0.2) is 102 Å². The van der Waals surface area contributed by atoms with E-state index >= 15 is 0 Å². The van der Waals surface area contributed by atoms with E-state index in [0.717, 1.165) is 44.0 Å². The molecular weight excluding hydrogens is 513 g/mol. The monoisotopic (exact) mass is 555 g/mol. The number of nitrogens with one attached hydrogen (secondary N) is 1. The fourth-order valence-electron chi connectivity index (χ4n) is 6.14. The second-order valence-electron chi connectivity index (χ2n) is 11.6.